The molecular formula is C19H17FN2O3. The Bertz CT molecular complexity index is 828. The molecule has 0 heterocycles. The molecule has 1 N–H and O–H groups in total. The van der Waals surface area contributed by atoms with E-state index in [4.69, 9.17) is 10.00 Å². The minimum atomic E-state index is -0.506. The van der Waals surface area contributed by atoms with Crippen molar-refractivity contribution in [1.29, 1.82) is 5.26 Å². The summed E-state index contributed by atoms with van der Waals surface area (Å²) < 4.78 is 19.4. The summed E-state index contributed by atoms with van der Waals surface area (Å²) in [7, 11) is 0. The number of carbonyl (C=O) groups excluding carboxylic acids is 2. The van der Waals surface area contributed by atoms with Crippen LogP contribution >= 0.6 is 0 Å². The number of amides is 1. The molecule has 0 aliphatic heterocycles. The molecule has 5 nitrogen and oxygen atoms in total. The molecule has 128 valence electrons. The Labute approximate surface area is 145 Å². The second-order valence-corrected chi connectivity index (χ2v) is 5.36. The summed E-state index contributed by atoms with van der Waals surface area (Å²) in [6, 6.07) is 12.8. The van der Waals surface area contributed by atoms with Crippen LogP contribution < -0.4 is 10.1 Å². The third kappa shape index (κ3) is 5.15. The molecule has 2 rings (SSSR count). The number of Topliss-reactive ketones (excluding diaryl/α,β-unsaturated/α-hetero) is 1. The number of nitrogens with one attached hydrogen (secondary N) is 1. The first kappa shape index (κ1) is 18.1. The van der Waals surface area contributed by atoms with Crippen LogP contribution in [0, 0.1) is 17.1 Å². The molecule has 0 aliphatic carbocycles. The number of ketones is 1. The lowest BCUT2D eigenvalue weighted by Crippen LogP contribution is -2.22. The maximum absolute atomic E-state index is 14.1. The number of halogens is 1. The van der Waals surface area contributed by atoms with Gasteiger partial charge in [0.25, 0.3) is 0 Å². The molecule has 0 radical (unpaired) electrons. The van der Waals surface area contributed by atoms with Gasteiger partial charge in [0.15, 0.2) is 12.4 Å². The van der Waals surface area contributed by atoms with Gasteiger partial charge < -0.3 is 10.1 Å². The van der Waals surface area contributed by atoms with Gasteiger partial charge >= 0.3 is 0 Å². The van der Waals surface area contributed by atoms with Crippen LogP contribution in [0.1, 0.15) is 28.4 Å². The van der Waals surface area contributed by atoms with E-state index in [1.165, 1.54) is 19.1 Å². The first-order valence-electron chi connectivity index (χ1n) is 7.69. The summed E-state index contributed by atoms with van der Waals surface area (Å²) in [6.45, 7) is 1.43. The average Bonchev–Trinajstić information content (AvgIpc) is 2.61. The fourth-order valence-electron chi connectivity index (χ4n) is 2.21. The van der Waals surface area contributed by atoms with Crippen molar-refractivity contribution in [3.05, 3.63) is 65.0 Å². The van der Waals surface area contributed by atoms with Crippen molar-refractivity contribution >= 4 is 11.7 Å². The van der Waals surface area contributed by atoms with E-state index in [-0.39, 0.29) is 23.9 Å². The van der Waals surface area contributed by atoms with E-state index in [1.54, 1.807) is 24.3 Å². The van der Waals surface area contributed by atoms with Crippen molar-refractivity contribution in [2.75, 3.05) is 13.2 Å². The highest BCUT2D eigenvalue weighted by Gasteiger charge is 2.12. The predicted octanol–water partition coefficient (Wildman–Crippen LogP) is 2.64. The Morgan fingerprint density at radius 3 is 2.68 bits per heavy atom. The molecule has 2 aromatic carbocycles. The Morgan fingerprint density at radius 2 is 2.00 bits per heavy atom. The number of benzene rings is 2. The fraction of sp³-hybridized carbons (Fsp3) is 0.211. The monoisotopic (exact) mass is 340 g/mol. The molecule has 0 saturated heterocycles. The molecule has 0 fully saturated rings. The lowest BCUT2D eigenvalue weighted by molar-refractivity contribution is -0.118. The summed E-state index contributed by atoms with van der Waals surface area (Å²) in [5, 5.41) is 11.6. The molecule has 2 aromatic rings. The van der Waals surface area contributed by atoms with E-state index >= 15 is 0 Å². The van der Waals surface area contributed by atoms with Gasteiger partial charge in [-0.2, -0.15) is 5.26 Å². The molecule has 6 heteroatoms. The van der Waals surface area contributed by atoms with Gasteiger partial charge in [-0.05, 0) is 30.2 Å². The van der Waals surface area contributed by atoms with Crippen molar-refractivity contribution in [3.8, 4) is 11.8 Å². The van der Waals surface area contributed by atoms with Crippen LogP contribution in [0.2, 0.25) is 0 Å². The average molecular weight is 340 g/mol. The molecule has 1 amide bonds. The summed E-state index contributed by atoms with van der Waals surface area (Å²) in [5.74, 6) is -0.763. The molecule has 0 aliphatic rings. The lowest BCUT2D eigenvalue weighted by atomic mass is 10.1. The molecule has 0 bridgehead atoms. The molecular weight excluding hydrogens is 323 g/mol. The van der Waals surface area contributed by atoms with Gasteiger partial charge in [0.05, 0.1) is 5.56 Å². The maximum atomic E-state index is 14.1. The predicted molar refractivity (Wildman–Crippen MR) is 89.8 cm³/mol. The SMILES string of the molecule is CC(=O)NCCc1ccc(C(=O)COc2ccccc2C#N)cc1F. The summed E-state index contributed by atoms with van der Waals surface area (Å²) >= 11 is 0. The molecule has 0 saturated carbocycles. The van der Waals surface area contributed by atoms with Crippen LogP contribution in [0.15, 0.2) is 42.5 Å². The number of nitrogens with zero attached hydrogens (tertiary/aromatic N) is 1. The van der Waals surface area contributed by atoms with Gasteiger partial charge in [0, 0.05) is 19.0 Å². The third-order valence-electron chi connectivity index (χ3n) is 3.51. The van der Waals surface area contributed by atoms with E-state index in [0.717, 1.165) is 6.07 Å². The van der Waals surface area contributed by atoms with E-state index in [2.05, 4.69) is 5.32 Å². The number of nitriles is 1. The van der Waals surface area contributed by atoms with Crippen LogP contribution in [0.3, 0.4) is 0 Å². The topological polar surface area (TPSA) is 79.2 Å². The lowest BCUT2D eigenvalue weighted by Gasteiger charge is -2.08. The summed E-state index contributed by atoms with van der Waals surface area (Å²) in [5.41, 5.74) is 0.936. The first-order chi connectivity index (χ1) is 12.0. The second-order valence-electron chi connectivity index (χ2n) is 5.36. The van der Waals surface area contributed by atoms with E-state index in [1.807, 2.05) is 6.07 Å². The number of hydrogen-bond donors (Lipinski definition) is 1. The van der Waals surface area contributed by atoms with Crippen LogP contribution in [0.25, 0.3) is 0 Å². The second kappa shape index (κ2) is 8.60. The van der Waals surface area contributed by atoms with Crippen molar-refractivity contribution in [2.24, 2.45) is 0 Å². The van der Waals surface area contributed by atoms with Crippen molar-refractivity contribution in [3.63, 3.8) is 0 Å². The third-order valence-corrected chi connectivity index (χ3v) is 3.51. The van der Waals surface area contributed by atoms with Gasteiger partial charge in [0.2, 0.25) is 5.91 Å². The minimum Gasteiger partial charge on any atom is -0.484 e. The Kier molecular flexibility index (Phi) is 6.24. The van der Waals surface area contributed by atoms with Crippen molar-refractivity contribution < 1.29 is 18.7 Å². The Hall–Kier alpha value is -3.20. The van der Waals surface area contributed by atoms with E-state index in [9.17, 15) is 14.0 Å². The van der Waals surface area contributed by atoms with E-state index in [0.29, 0.717) is 29.8 Å². The number of carbonyl (C=O) groups is 2. The summed E-state index contributed by atoms with van der Waals surface area (Å²) in [6.07, 6.45) is 0.339. The highest BCUT2D eigenvalue weighted by atomic mass is 19.1. The van der Waals surface area contributed by atoms with Crippen LogP contribution in [0.5, 0.6) is 5.75 Å². The number of ether oxygens (including phenoxy) is 1. The highest BCUT2D eigenvalue weighted by Crippen LogP contribution is 2.17. The van der Waals surface area contributed by atoms with Crippen LogP contribution in [0.4, 0.5) is 4.39 Å². The molecule has 0 aromatic heterocycles. The normalized spacial score (nSPS) is 9.96. The quantitative estimate of drug-likeness (QED) is 0.786. The molecule has 0 unspecified atom stereocenters. The zero-order chi connectivity index (χ0) is 18.2. The van der Waals surface area contributed by atoms with Gasteiger partial charge in [-0.1, -0.05) is 24.3 Å². The van der Waals surface area contributed by atoms with Gasteiger partial charge in [-0.15, -0.1) is 0 Å². The maximum Gasteiger partial charge on any atom is 0.216 e. The number of hydrogen-bond acceptors (Lipinski definition) is 4. The van der Waals surface area contributed by atoms with E-state index < -0.39 is 5.82 Å². The van der Waals surface area contributed by atoms with Crippen LogP contribution in [-0.2, 0) is 11.2 Å². The van der Waals surface area contributed by atoms with Gasteiger partial charge in [-0.25, -0.2) is 4.39 Å². The minimum absolute atomic E-state index is 0.179. The van der Waals surface area contributed by atoms with Gasteiger partial charge in [0.1, 0.15) is 17.6 Å². The number of rotatable bonds is 7. The standard InChI is InChI=1S/C19H17FN2O3/c1-13(23)22-9-8-14-6-7-15(10-17(14)20)18(24)12-25-19-5-3-2-4-16(19)11-21/h2-7,10H,8-9,12H2,1H3,(H,22,23). The fourth-order valence-corrected chi connectivity index (χ4v) is 2.21. The highest BCUT2D eigenvalue weighted by molar-refractivity contribution is 5.97. The van der Waals surface area contributed by atoms with Crippen molar-refractivity contribution in [1.82, 2.24) is 5.32 Å². The Balaban J connectivity index is 1.99. The first-order valence-corrected chi connectivity index (χ1v) is 7.69. The molecule has 25 heavy (non-hydrogen) atoms. The smallest absolute Gasteiger partial charge is 0.216 e. The largest absolute Gasteiger partial charge is 0.484 e. The van der Waals surface area contributed by atoms with Crippen molar-refractivity contribution in [2.45, 2.75) is 13.3 Å². The Morgan fingerprint density at radius 1 is 1.24 bits per heavy atom. The zero-order valence-electron chi connectivity index (χ0n) is 13.7. The van der Waals surface area contributed by atoms with Gasteiger partial charge in [-0.3, -0.25) is 9.59 Å². The molecule has 0 spiro atoms. The van der Waals surface area contributed by atoms with Crippen LogP contribution in [-0.4, -0.2) is 24.8 Å². The number of para-hydroxylation sites is 1. The molecule has 0 atom stereocenters. The zero-order valence-corrected chi connectivity index (χ0v) is 13.7. The summed E-state index contributed by atoms with van der Waals surface area (Å²) in [4.78, 5) is 23.0.